The van der Waals surface area contributed by atoms with Crippen LogP contribution in [0.2, 0.25) is 0 Å². The molecule has 0 amide bonds. The summed E-state index contributed by atoms with van der Waals surface area (Å²) in [6.07, 6.45) is -0.827. The van der Waals surface area contributed by atoms with Crippen molar-refractivity contribution in [3.8, 4) is 0 Å². The fourth-order valence-corrected chi connectivity index (χ4v) is 0.526. The predicted molar refractivity (Wildman–Crippen MR) is 37.5 cm³/mol. The molecule has 0 saturated carbocycles. The first-order chi connectivity index (χ1) is 6.11. The summed E-state index contributed by atoms with van der Waals surface area (Å²) in [6.45, 7) is -0.204. The zero-order chi connectivity index (χ0) is 10.3. The molecule has 0 aliphatic carbocycles. The average Bonchev–Trinajstić information content (AvgIpc) is 2.05. The van der Waals surface area contributed by atoms with Gasteiger partial charge in [0.15, 0.2) is 0 Å². The maximum absolute atomic E-state index is 10.6. The summed E-state index contributed by atoms with van der Waals surface area (Å²) >= 11 is 0. The van der Waals surface area contributed by atoms with Crippen LogP contribution in [0.25, 0.3) is 0 Å². The summed E-state index contributed by atoms with van der Waals surface area (Å²) in [7, 11) is 0. The number of carbonyl (C=O) groups is 5. The Bertz CT molecular complexity index is 254. The van der Waals surface area contributed by atoms with Crippen molar-refractivity contribution in [2.45, 2.75) is 12.8 Å². The third-order valence-corrected chi connectivity index (χ3v) is 1.05. The van der Waals surface area contributed by atoms with E-state index in [1.54, 1.807) is 0 Å². The standard InChI is InChI=1S/C7H6O6/c8-2-1-5(10)3-6(11)7(12)13-4-9/h2,4H,1,3H2. The van der Waals surface area contributed by atoms with Crippen LogP contribution in [0.1, 0.15) is 12.8 Å². The Morgan fingerprint density at radius 1 is 1.15 bits per heavy atom. The van der Waals surface area contributed by atoms with Gasteiger partial charge in [-0.2, -0.15) is 0 Å². The first-order valence-electron chi connectivity index (χ1n) is 3.24. The molecular formula is C7H6O6. The maximum atomic E-state index is 10.6. The number of carbonyl (C=O) groups excluding carboxylic acids is 5. The van der Waals surface area contributed by atoms with Crippen molar-refractivity contribution in [2.24, 2.45) is 0 Å². The number of esters is 1. The minimum absolute atomic E-state index is 0.204. The minimum atomic E-state index is -1.39. The largest absolute Gasteiger partial charge is 0.390 e. The molecule has 0 aromatic heterocycles. The molecule has 0 rings (SSSR count). The van der Waals surface area contributed by atoms with Crippen molar-refractivity contribution >= 4 is 30.3 Å². The maximum Gasteiger partial charge on any atom is 0.382 e. The van der Waals surface area contributed by atoms with Gasteiger partial charge in [0.05, 0.1) is 12.8 Å². The van der Waals surface area contributed by atoms with E-state index in [-0.39, 0.29) is 6.47 Å². The Balaban J connectivity index is 3.99. The third kappa shape index (κ3) is 4.57. The van der Waals surface area contributed by atoms with E-state index < -0.39 is 30.4 Å². The Labute approximate surface area is 72.9 Å². The van der Waals surface area contributed by atoms with Crippen molar-refractivity contribution in [3.63, 3.8) is 0 Å². The molecule has 70 valence electrons. The summed E-state index contributed by atoms with van der Waals surface area (Å²) in [5.74, 6) is -3.23. The molecular weight excluding hydrogens is 180 g/mol. The minimum Gasteiger partial charge on any atom is -0.390 e. The molecule has 0 bridgehead atoms. The summed E-state index contributed by atoms with van der Waals surface area (Å²) in [4.78, 5) is 51.1. The highest BCUT2D eigenvalue weighted by atomic mass is 16.6. The fourth-order valence-electron chi connectivity index (χ4n) is 0.526. The molecule has 0 aromatic carbocycles. The second-order valence-electron chi connectivity index (χ2n) is 2.01. The molecule has 0 heterocycles. The van der Waals surface area contributed by atoms with Crippen LogP contribution in [0.5, 0.6) is 0 Å². The van der Waals surface area contributed by atoms with Crippen LogP contribution in [0.4, 0.5) is 0 Å². The highest BCUT2D eigenvalue weighted by Crippen LogP contribution is 1.91. The molecule has 0 aliphatic rings. The number of ether oxygens (including phenoxy) is 1. The number of hydrogen-bond donors (Lipinski definition) is 0. The number of aldehydes is 1. The first kappa shape index (κ1) is 11.2. The van der Waals surface area contributed by atoms with E-state index >= 15 is 0 Å². The van der Waals surface area contributed by atoms with E-state index in [0.29, 0.717) is 6.29 Å². The normalized spacial score (nSPS) is 8.62. The fraction of sp³-hybridized carbons (Fsp3) is 0.286. The Morgan fingerprint density at radius 3 is 2.23 bits per heavy atom. The zero-order valence-corrected chi connectivity index (χ0v) is 6.52. The van der Waals surface area contributed by atoms with Gasteiger partial charge in [-0.3, -0.25) is 14.4 Å². The molecule has 13 heavy (non-hydrogen) atoms. The van der Waals surface area contributed by atoms with E-state index in [2.05, 4.69) is 4.74 Å². The molecule has 0 aromatic rings. The van der Waals surface area contributed by atoms with Crippen molar-refractivity contribution in [1.29, 1.82) is 0 Å². The van der Waals surface area contributed by atoms with Gasteiger partial charge >= 0.3 is 12.4 Å². The van der Waals surface area contributed by atoms with Crippen LogP contribution in [0.3, 0.4) is 0 Å². The topological polar surface area (TPSA) is 94.6 Å². The Hall–Kier alpha value is -1.85. The smallest absolute Gasteiger partial charge is 0.382 e. The van der Waals surface area contributed by atoms with E-state index in [1.807, 2.05) is 0 Å². The Kier molecular flexibility index (Phi) is 4.94. The monoisotopic (exact) mass is 186 g/mol. The van der Waals surface area contributed by atoms with E-state index in [9.17, 15) is 24.0 Å². The van der Waals surface area contributed by atoms with Crippen LogP contribution < -0.4 is 0 Å². The summed E-state index contributed by atoms with van der Waals surface area (Å²) in [5.41, 5.74) is 0. The lowest BCUT2D eigenvalue weighted by Crippen LogP contribution is -2.20. The number of Topliss-reactive ketones (excluding diaryl/α,β-unsaturated/α-hetero) is 2. The van der Waals surface area contributed by atoms with E-state index in [1.165, 1.54) is 0 Å². The van der Waals surface area contributed by atoms with Crippen molar-refractivity contribution in [1.82, 2.24) is 0 Å². The molecule has 0 fully saturated rings. The van der Waals surface area contributed by atoms with Gasteiger partial charge in [-0.25, -0.2) is 4.79 Å². The van der Waals surface area contributed by atoms with Crippen molar-refractivity contribution < 1.29 is 28.7 Å². The summed E-state index contributed by atoms with van der Waals surface area (Å²) in [6, 6.07) is 0. The molecule has 0 unspecified atom stereocenters. The SMILES string of the molecule is O=CCC(=O)CC(=O)C(=O)OC=O. The predicted octanol–water partition coefficient (Wildman–Crippen LogP) is -1.20. The molecule has 6 nitrogen and oxygen atoms in total. The van der Waals surface area contributed by atoms with Gasteiger partial charge in [0.1, 0.15) is 12.1 Å². The molecule has 0 saturated heterocycles. The van der Waals surface area contributed by atoms with Gasteiger partial charge < -0.3 is 9.53 Å². The van der Waals surface area contributed by atoms with Crippen LogP contribution in [0, 0.1) is 0 Å². The molecule has 0 N–H and O–H groups in total. The number of hydrogen-bond acceptors (Lipinski definition) is 6. The second kappa shape index (κ2) is 5.76. The van der Waals surface area contributed by atoms with Gasteiger partial charge in [0.25, 0.3) is 0 Å². The van der Waals surface area contributed by atoms with E-state index in [0.717, 1.165) is 0 Å². The van der Waals surface area contributed by atoms with Gasteiger partial charge in [-0.15, -0.1) is 0 Å². The van der Waals surface area contributed by atoms with Gasteiger partial charge in [-0.1, -0.05) is 0 Å². The lowest BCUT2D eigenvalue weighted by molar-refractivity contribution is -0.158. The number of rotatable bonds is 6. The zero-order valence-electron chi connectivity index (χ0n) is 6.52. The first-order valence-corrected chi connectivity index (χ1v) is 3.24. The van der Waals surface area contributed by atoms with Gasteiger partial charge in [0.2, 0.25) is 5.78 Å². The molecule has 0 atom stereocenters. The third-order valence-electron chi connectivity index (χ3n) is 1.05. The Morgan fingerprint density at radius 2 is 1.77 bits per heavy atom. The lowest BCUT2D eigenvalue weighted by Gasteiger charge is -1.93. The lowest BCUT2D eigenvalue weighted by atomic mass is 10.1. The molecule has 0 spiro atoms. The highest BCUT2D eigenvalue weighted by molar-refractivity contribution is 6.38. The summed E-state index contributed by atoms with van der Waals surface area (Å²) in [5, 5.41) is 0. The second-order valence-corrected chi connectivity index (χ2v) is 2.01. The van der Waals surface area contributed by atoms with Crippen LogP contribution in [0.15, 0.2) is 0 Å². The van der Waals surface area contributed by atoms with Gasteiger partial charge in [-0.05, 0) is 0 Å². The summed E-state index contributed by atoms with van der Waals surface area (Å²) < 4.78 is 3.67. The van der Waals surface area contributed by atoms with Crippen LogP contribution in [-0.4, -0.2) is 30.3 Å². The molecule has 6 heteroatoms. The average molecular weight is 186 g/mol. The number of ketones is 2. The quantitative estimate of drug-likeness (QED) is 0.224. The van der Waals surface area contributed by atoms with Crippen molar-refractivity contribution in [2.75, 3.05) is 0 Å². The molecule has 0 aliphatic heterocycles. The van der Waals surface area contributed by atoms with Crippen LogP contribution in [-0.2, 0) is 28.7 Å². The molecule has 0 radical (unpaired) electrons. The van der Waals surface area contributed by atoms with E-state index in [4.69, 9.17) is 0 Å². The van der Waals surface area contributed by atoms with Crippen LogP contribution >= 0.6 is 0 Å². The van der Waals surface area contributed by atoms with Crippen molar-refractivity contribution in [3.05, 3.63) is 0 Å². The van der Waals surface area contributed by atoms with Gasteiger partial charge in [0, 0.05) is 0 Å². The highest BCUT2D eigenvalue weighted by Gasteiger charge is 2.18.